The number of para-hydroxylation sites is 2. The fourth-order valence-corrected chi connectivity index (χ4v) is 2.99. The zero-order chi connectivity index (χ0) is 19.3. The van der Waals surface area contributed by atoms with Crippen LogP contribution in [0, 0.1) is 5.92 Å². The summed E-state index contributed by atoms with van der Waals surface area (Å²) in [6.45, 7) is 1.44. The van der Waals surface area contributed by atoms with Gasteiger partial charge in [0.2, 0.25) is 11.8 Å². The van der Waals surface area contributed by atoms with Crippen molar-refractivity contribution in [3.63, 3.8) is 0 Å². The summed E-state index contributed by atoms with van der Waals surface area (Å²) < 4.78 is 11.0. The molecule has 0 spiro atoms. The van der Waals surface area contributed by atoms with Gasteiger partial charge in [0, 0.05) is 31.8 Å². The van der Waals surface area contributed by atoms with E-state index < -0.39 is 0 Å². The third-order valence-corrected chi connectivity index (χ3v) is 4.82. The van der Waals surface area contributed by atoms with Crippen molar-refractivity contribution in [3.8, 4) is 11.6 Å². The molecule has 1 saturated carbocycles. The molecule has 146 valence electrons. The van der Waals surface area contributed by atoms with E-state index in [0.717, 1.165) is 12.2 Å². The number of nitrogens with zero attached hydrogens (tertiary/aromatic N) is 2. The van der Waals surface area contributed by atoms with Gasteiger partial charge in [-0.2, -0.15) is 0 Å². The maximum atomic E-state index is 12.2. The fraction of sp³-hybridized carbons (Fsp3) is 0.381. The van der Waals surface area contributed by atoms with E-state index in [9.17, 15) is 9.59 Å². The van der Waals surface area contributed by atoms with E-state index in [2.05, 4.69) is 10.3 Å². The first-order chi connectivity index (χ1) is 13.7. The average Bonchev–Trinajstić information content (AvgIpc) is 3.55. The number of hydrogen-bond acceptors (Lipinski definition) is 5. The van der Waals surface area contributed by atoms with Crippen LogP contribution in [0.25, 0.3) is 0 Å². The minimum atomic E-state index is -0.141. The molecule has 0 unspecified atom stereocenters. The highest BCUT2D eigenvalue weighted by Gasteiger charge is 2.25. The molecule has 0 atom stereocenters. The highest BCUT2D eigenvalue weighted by atomic mass is 16.5. The van der Waals surface area contributed by atoms with Crippen LogP contribution in [0.1, 0.15) is 24.8 Å². The number of carbonyl (C=O) groups is 2. The van der Waals surface area contributed by atoms with Gasteiger partial charge >= 0.3 is 0 Å². The fourth-order valence-electron chi connectivity index (χ4n) is 2.99. The lowest BCUT2D eigenvalue weighted by Gasteiger charge is -2.29. The molecule has 2 amide bonds. The molecule has 1 aliphatic heterocycles. The SMILES string of the molecule is O=C(CCN1C(=O)COc2ccccc21)NCc1ccc(OCC2CC2)nc1. The molecule has 2 heterocycles. The van der Waals surface area contributed by atoms with Crippen LogP contribution in [-0.2, 0) is 16.1 Å². The number of fused-ring (bicyclic) bond motifs is 1. The Kier molecular flexibility index (Phi) is 5.41. The molecule has 7 nitrogen and oxygen atoms in total. The predicted octanol–water partition coefficient (Wildman–Crippen LogP) is 2.30. The number of aromatic nitrogens is 1. The molecule has 7 heteroatoms. The number of nitrogens with one attached hydrogen (secondary N) is 1. The molecule has 2 aromatic rings. The molecule has 2 aliphatic rings. The van der Waals surface area contributed by atoms with Gasteiger partial charge in [-0.05, 0) is 36.5 Å². The third kappa shape index (κ3) is 4.60. The minimum absolute atomic E-state index is 0.000528. The van der Waals surface area contributed by atoms with E-state index in [1.165, 1.54) is 12.8 Å². The minimum Gasteiger partial charge on any atom is -0.482 e. The van der Waals surface area contributed by atoms with Gasteiger partial charge in [0.25, 0.3) is 5.91 Å². The number of hydrogen-bond donors (Lipinski definition) is 1. The predicted molar refractivity (Wildman–Crippen MR) is 103 cm³/mol. The van der Waals surface area contributed by atoms with E-state index in [-0.39, 0.29) is 24.8 Å². The first kappa shape index (κ1) is 18.3. The molecule has 1 fully saturated rings. The van der Waals surface area contributed by atoms with Crippen LogP contribution in [0.5, 0.6) is 11.6 Å². The van der Waals surface area contributed by atoms with Gasteiger partial charge < -0.3 is 19.7 Å². The normalized spacial score (nSPS) is 15.6. The Balaban J connectivity index is 1.24. The number of carbonyl (C=O) groups excluding carboxylic acids is 2. The molecule has 1 aromatic carbocycles. The van der Waals surface area contributed by atoms with Gasteiger partial charge in [-0.3, -0.25) is 9.59 Å². The Hall–Kier alpha value is -3.09. The second-order valence-corrected chi connectivity index (χ2v) is 7.09. The largest absolute Gasteiger partial charge is 0.482 e. The maximum absolute atomic E-state index is 12.2. The van der Waals surface area contributed by atoms with Gasteiger partial charge in [-0.25, -0.2) is 4.98 Å². The van der Waals surface area contributed by atoms with Crippen LogP contribution in [0.3, 0.4) is 0 Å². The number of benzene rings is 1. The Bertz CT molecular complexity index is 849. The Morgan fingerprint density at radius 1 is 1.25 bits per heavy atom. The highest BCUT2D eigenvalue weighted by molar-refractivity contribution is 5.98. The van der Waals surface area contributed by atoms with Crippen molar-refractivity contribution in [1.29, 1.82) is 0 Å². The third-order valence-electron chi connectivity index (χ3n) is 4.82. The van der Waals surface area contributed by atoms with Crippen LogP contribution >= 0.6 is 0 Å². The smallest absolute Gasteiger partial charge is 0.265 e. The molecule has 0 saturated heterocycles. The topological polar surface area (TPSA) is 80.8 Å². The van der Waals surface area contributed by atoms with Crippen molar-refractivity contribution in [2.75, 3.05) is 24.7 Å². The van der Waals surface area contributed by atoms with Crippen LogP contribution < -0.4 is 19.7 Å². The van der Waals surface area contributed by atoms with E-state index in [1.807, 2.05) is 36.4 Å². The molecule has 28 heavy (non-hydrogen) atoms. The average molecular weight is 381 g/mol. The van der Waals surface area contributed by atoms with Gasteiger partial charge in [-0.15, -0.1) is 0 Å². The zero-order valence-electron chi connectivity index (χ0n) is 15.6. The second kappa shape index (κ2) is 8.29. The quantitative estimate of drug-likeness (QED) is 0.759. The molecule has 1 N–H and O–H groups in total. The number of rotatable bonds is 8. The highest BCUT2D eigenvalue weighted by Crippen LogP contribution is 2.31. The number of anilines is 1. The lowest BCUT2D eigenvalue weighted by Crippen LogP contribution is -2.41. The zero-order valence-corrected chi connectivity index (χ0v) is 15.6. The number of pyridine rings is 1. The van der Waals surface area contributed by atoms with Crippen molar-refractivity contribution < 1.29 is 19.1 Å². The van der Waals surface area contributed by atoms with E-state index in [0.29, 0.717) is 36.3 Å². The summed E-state index contributed by atoms with van der Waals surface area (Å²) in [6, 6.07) is 11.1. The molecule has 0 bridgehead atoms. The summed E-state index contributed by atoms with van der Waals surface area (Å²) in [5.41, 5.74) is 1.61. The van der Waals surface area contributed by atoms with Crippen molar-refractivity contribution in [3.05, 3.63) is 48.2 Å². The Morgan fingerprint density at radius 3 is 2.89 bits per heavy atom. The molecular formula is C21H23N3O4. The van der Waals surface area contributed by atoms with Gasteiger partial charge in [0.15, 0.2) is 6.61 Å². The lowest BCUT2D eigenvalue weighted by molar-refractivity contribution is -0.122. The number of ether oxygens (including phenoxy) is 2. The molecular weight excluding hydrogens is 358 g/mol. The van der Waals surface area contributed by atoms with Gasteiger partial charge in [0.1, 0.15) is 5.75 Å². The van der Waals surface area contributed by atoms with Crippen molar-refractivity contribution in [2.24, 2.45) is 5.92 Å². The molecule has 1 aliphatic carbocycles. The standard InChI is InChI=1S/C21H23N3O4/c25-19(9-10-24-17-3-1-2-4-18(17)27-14-21(24)26)22-11-16-7-8-20(23-12-16)28-13-15-5-6-15/h1-4,7-8,12,15H,5-6,9-11,13-14H2,(H,22,25). The lowest BCUT2D eigenvalue weighted by atomic mass is 10.2. The van der Waals surface area contributed by atoms with Crippen molar-refractivity contribution in [1.82, 2.24) is 10.3 Å². The number of amides is 2. The van der Waals surface area contributed by atoms with Crippen LogP contribution in [0.4, 0.5) is 5.69 Å². The Morgan fingerprint density at radius 2 is 2.11 bits per heavy atom. The van der Waals surface area contributed by atoms with E-state index in [1.54, 1.807) is 11.1 Å². The van der Waals surface area contributed by atoms with Crippen molar-refractivity contribution >= 4 is 17.5 Å². The van der Waals surface area contributed by atoms with Crippen LogP contribution in [-0.4, -0.2) is 36.6 Å². The van der Waals surface area contributed by atoms with Gasteiger partial charge in [-0.1, -0.05) is 18.2 Å². The molecule has 1 aromatic heterocycles. The second-order valence-electron chi connectivity index (χ2n) is 7.09. The summed E-state index contributed by atoms with van der Waals surface area (Å²) in [4.78, 5) is 30.2. The molecule has 0 radical (unpaired) electrons. The van der Waals surface area contributed by atoms with Crippen molar-refractivity contribution in [2.45, 2.75) is 25.8 Å². The summed E-state index contributed by atoms with van der Waals surface area (Å²) >= 11 is 0. The summed E-state index contributed by atoms with van der Waals surface area (Å²) in [6.07, 6.45) is 4.41. The van der Waals surface area contributed by atoms with E-state index >= 15 is 0 Å². The Labute approximate surface area is 163 Å². The first-order valence-electron chi connectivity index (χ1n) is 9.55. The molecule has 4 rings (SSSR count). The first-order valence-corrected chi connectivity index (χ1v) is 9.55. The monoisotopic (exact) mass is 381 g/mol. The maximum Gasteiger partial charge on any atom is 0.265 e. The van der Waals surface area contributed by atoms with Crippen LogP contribution in [0.15, 0.2) is 42.6 Å². The summed E-state index contributed by atoms with van der Waals surface area (Å²) in [7, 11) is 0. The van der Waals surface area contributed by atoms with Crippen LogP contribution in [0.2, 0.25) is 0 Å². The van der Waals surface area contributed by atoms with E-state index in [4.69, 9.17) is 9.47 Å². The summed E-state index contributed by atoms with van der Waals surface area (Å²) in [5.74, 6) is 1.71. The summed E-state index contributed by atoms with van der Waals surface area (Å²) in [5, 5.41) is 2.87. The van der Waals surface area contributed by atoms with Gasteiger partial charge in [0.05, 0.1) is 12.3 Å².